The molecule has 1 aromatic rings. The molecule has 1 heterocycles. The van der Waals surface area contributed by atoms with Crippen LogP contribution in [-0.4, -0.2) is 24.9 Å². The van der Waals surface area contributed by atoms with Crippen molar-refractivity contribution < 1.29 is 9.59 Å². The van der Waals surface area contributed by atoms with Crippen molar-refractivity contribution in [1.82, 2.24) is 10.6 Å². The van der Waals surface area contributed by atoms with Crippen LogP contribution in [0.3, 0.4) is 0 Å². The molecule has 1 saturated heterocycles. The van der Waals surface area contributed by atoms with E-state index in [1.807, 2.05) is 24.3 Å². The maximum Gasteiger partial charge on any atom is 0.221 e. The molecule has 1 aliphatic rings. The number of benzene rings is 1. The third-order valence-corrected chi connectivity index (χ3v) is 4.41. The fourth-order valence-corrected chi connectivity index (χ4v) is 3.01. The molecule has 1 aliphatic heterocycles. The van der Waals surface area contributed by atoms with Gasteiger partial charge in [0.25, 0.3) is 0 Å². The molecule has 2 amide bonds. The molecule has 3 N–H and O–H groups in total. The smallest absolute Gasteiger partial charge is 0.221 e. The topological polar surface area (TPSA) is 70.2 Å². The number of hydrogen-bond donors (Lipinski definition) is 3. The van der Waals surface area contributed by atoms with Gasteiger partial charge in [-0.05, 0) is 55.5 Å². The van der Waals surface area contributed by atoms with Gasteiger partial charge in [0, 0.05) is 25.6 Å². The summed E-state index contributed by atoms with van der Waals surface area (Å²) in [6.07, 6.45) is 3.00. The van der Waals surface area contributed by atoms with Crippen LogP contribution in [0.25, 0.3) is 0 Å². The van der Waals surface area contributed by atoms with Crippen molar-refractivity contribution in [1.29, 1.82) is 0 Å². The van der Waals surface area contributed by atoms with Crippen LogP contribution in [0.5, 0.6) is 0 Å². The molecule has 1 aromatic carbocycles. The Bertz CT molecular complexity index is 528. The van der Waals surface area contributed by atoms with Gasteiger partial charge < -0.3 is 16.0 Å². The Balaban J connectivity index is 0.00000288. The Morgan fingerprint density at radius 2 is 2.00 bits per heavy atom. The van der Waals surface area contributed by atoms with Crippen LogP contribution < -0.4 is 16.0 Å². The first-order valence-electron chi connectivity index (χ1n) is 8.38. The summed E-state index contributed by atoms with van der Waals surface area (Å²) >= 11 is 0. The van der Waals surface area contributed by atoms with E-state index in [1.165, 1.54) is 19.8 Å². The van der Waals surface area contributed by atoms with Crippen LogP contribution in [-0.2, 0) is 16.1 Å². The second kappa shape index (κ2) is 10.3. The van der Waals surface area contributed by atoms with Crippen LogP contribution in [0.15, 0.2) is 24.3 Å². The van der Waals surface area contributed by atoms with E-state index >= 15 is 0 Å². The summed E-state index contributed by atoms with van der Waals surface area (Å²) in [6.45, 7) is 6.30. The van der Waals surface area contributed by atoms with Gasteiger partial charge in [0.1, 0.15) is 0 Å². The number of piperidine rings is 1. The van der Waals surface area contributed by atoms with Crippen molar-refractivity contribution in [3.8, 4) is 0 Å². The number of halogens is 1. The predicted molar refractivity (Wildman–Crippen MR) is 99.2 cm³/mol. The van der Waals surface area contributed by atoms with Gasteiger partial charge in [0.05, 0.1) is 0 Å². The molecule has 0 radical (unpaired) electrons. The van der Waals surface area contributed by atoms with E-state index < -0.39 is 0 Å². The third-order valence-electron chi connectivity index (χ3n) is 4.41. The standard InChI is InChI=1S/C18H27N3O2.ClH/c1-13(16-4-3-9-19-12-16)10-18(23)20-11-15-5-7-17(8-6-15)21-14(2)22;/h5-8,13,16,19H,3-4,9-12H2,1-2H3,(H,20,23)(H,21,22);1H. The van der Waals surface area contributed by atoms with Gasteiger partial charge in [-0.2, -0.15) is 0 Å². The lowest BCUT2D eigenvalue weighted by Gasteiger charge is -2.28. The fourth-order valence-electron chi connectivity index (χ4n) is 3.01. The number of nitrogens with one attached hydrogen (secondary N) is 3. The summed E-state index contributed by atoms with van der Waals surface area (Å²) < 4.78 is 0. The monoisotopic (exact) mass is 353 g/mol. The number of anilines is 1. The average Bonchev–Trinajstić information content (AvgIpc) is 2.54. The van der Waals surface area contributed by atoms with Gasteiger partial charge in [-0.3, -0.25) is 9.59 Å². The lowest BCUT2D eigenvalue weighted by molar-refractivity contribution is -0.122. The number of carbonyl (C=O) groups is 2. The molecule has 0 aromatic heterocycles. The van der Waals surface area contributed by atoms with Gasteiger partial charge in [0.2, 0.25) is 11.8 Å². The minimum absolute atomic E-state index is 0. The van der Waals surface area contributed by atoms with Crippen molar-refractivity contribution in [3.63, 3.8) is 0 Å². The summed E-state index contributed by atoms with van der Waals surface area (Å²) in [5.41, 5.74) is 1.80. The quantitative estimate of drug-likeness (QED) is 0.736. The van der Waals surface area contributed by atoms with Gasteiger partial charge in [-0.1, -0.05) is 19.1 Å². The largest absolute Gasteiger partial charge is 0.352 e. The zero-order chi connectivity index (χ0) is 16.7. The summed E-state index contributed by atoms with van der Waals surface area (Å²) in [5, 5.41) is 9.11. The molecule has 134 valence electrons. The molecule has 0 bridgehead atoms. The van der Waals surface area contributed by atoms with E-state index in [1.54, 1.807) is 0 Å². The first-order chi connectivity index (χ1) is 11.0. The molecular formula is C18H28ClN3O2. The van der Waals surface area contributed by atoms with E-state index in [0.29, 0.717) is 24.8 Å². The Morgan fingerprint density at radius 1 is 1.29 bits per heavy atom. The predicted octanol–water partition coefficient (Wildman–Crippen LogP) is 2.71. The van der Waals surface area contributed by atoms with Crippen molar-refractivity contribution in [2.45, 2.75) is 39.7 Å². The molecule has 2 rings (SSSR count). The van der Waals surface area contributed by atoms with E-state index in [9.17, 15) is 9.59 Å². The maximum absolute atomic E-state index is 12.1. The Hall–Kier alpha value is -1.59. The molecule has 5 nitrogen and oxygen atoms in total. The highest BCUT2D eigenvalue weighted by Gasteiger charge is 2.21. The summed E-state index contributed by atoms with van der Waals surface area (Å²) in [6, 6.07) is 7.53. The molecule has 6 heteroatoms. The van der Waals surface area contributed by atoms with Gasteiger partial charge >= 0.3 is 0 Å². The van der Waals surface area contributed by atoms with Crippen molar-refractivity contribution in [2.75, 3.05) is 18.4 Å². The van der Waals surface area contributed by atoms with E-state index in [-0.39, 0.29) is 24.2 Å². The fraction of sp³-hybridized carbons (Fsp3) is 0.556. The lowest BCUT2D eigenvalue weighted by atomic mass is 9.85. The van der Waals surface area contributed by atoms with Crippen LogP contribution in [0.4, 0.5) is 5.69 Å². The summed E-state index contributed by atoms with van der Waals surface area (Å²) in [5.74, 6) is 1.03. The minimum Gasteiger partial charge on any atom is -0.352 e. The molecule has 0 spiro atoms. The zero-order valence-corrected chi connectivity index (χ0v) is 15.2. The van der Waals surface area contributed by atoms with E-state index in [4.69, 9.17) is 0 Å². The molecule has 24 heavy (non-hydrogen) atoms. The molecule has 0 saturated carbocycles. The highest BCUT2D eigenvalue weighted by Crippen LogP contribution is 2.22. The first-order valence-corrected chi connectivity index (χ1v) is 8.38. The third kappa shape index (κ3) is 6.89. The highest BCUT2D eigenvalue weighted by molar-refractivity contribution is 5.88. The highest BCUT2D eigenvalue weighted by atomic mass is 35.5. The van der Waals surface area contributed by atoms with Crippen LogP contribution in [0.2, 0.25) is 0 Å². The van der Waals surface area contributed by atoms with Gasteiger partial charge in [-0.25, -0.2) is 0 Å². The summed E-state index contributed by atoms with van der Waals surface area (Å²) in [7, 11) is 0. The van der Waals surface area contributed by atoms with E-state index in [2.05, 4.69) is 22.9 Å². The van der Waals surface area contributed by atoms with Crippen molar-refractivity contribution in [2.24, 2.45) is 11.8 Å². The van der Waals surface area contributed by atoms with Gasteiger partial charge in [0.15, 0.2) is 0 Å². The second-order valence-corrected chi connectivity index (χ2v) is 6.44. The molecular weight excluding hydrogens is 326 g/mol. The number of amides is 2. The van der Waals surface area contributed by atoms with Crippen LogP contribution >= 0.6 is 12.4 Å². The van der Waals surface area contributed by atoms with Gasteiger partial charge in [-0.15, -0.1) is 12.4 Å². The molecule has 2 unspecified atom stereocenters. The van der Waals surface area contributed by atoms with Crippen LogP contribution in [0, 0.1) is 11.8 Å². The normalized spacial score (nSPS) is 18.2. The number of carbonyl (C=O) groups excluding carboxylic acids is 2. The SMILES string of the molecule is CC(=O)Nc1ccc(CNC(=O)CC(C)C2CCCNC2)cc1.Cl. The Kier molecular flexibility index (Phi) is 8.79. The van der Waals surface area contributed by atoms with Crippen molar-refractivity contribution in [3.05, 3.63) is 29.8 Å². The van der Waals surface area contributed by atoms with Crippen LogP contribution in [0.1, 0.15) is 38.7 Å². The molecule has 2 atom stereocenters. The Labute approximate surface area is 150 Å². The number of hydrogen-bond acceptors (Lipinski definition) is 3. The first kappa shape index (κ1) is 20.5. The minimum atomic E-state index is -0.0859. The molecule has 1 fully saturated rings. The van der Waals surface area contributed by atoms with Crippen molar-refractivity contribution >= 4 is 29.9 Å². The maximum atomic E-state index is 12.1. The lowest BCUT2D eigenvalue weighted by Crippen LogP contribution is -2.35. The van der Waals surface area contributed by atoms with E-state index in [0.717, 1.165) is 24.3 Å². The average molecular weight is 354 g/mol. The molecule has 0 aliphatic carbocycles. The number of rotatable bonds is 6. The zero-order valence-electron chi connectivity index (χ0n) is 14.4. The Morgan fingerprint density at radius 3 is 2.58 bits per heavy atom. The summed E-state index contributed by atoms with van der Waals surface area (Å²) in [4.78, 5) is 23.1. The second-order valence-electron chi connectivity index (χ2n) is 6.44.